The highest BCUT2D eigenvalue weighted by Crippen LogP contribution is 2.19. The molecule has 0 aliphatic heterocycles. The van der Waals surface area contributed by atoms with Crippen LogP contribution >= 0.6 is 18.5 Å². The van der Waals surface area contributed by atoms with Gasteiger partial charge < -0.3 is 0 Å². The van der Waals surface area contributed by atoms with Gasteiger partial charge in [-0.3, -0.25) is 0 Å². The number of rotatable bonds is 1. The summed E-state index contributed by atoms with van der Waals surface area (Å²) in [5, 5.41) is 2.20. The Bertz CT molecular complexity index is 474. The molecule has 2 rings (SSSR count). The van der Waals surface area contributed by atoms with Crippen molar-refractivity contribution < 1.29 is 4.39 Å². The van der Waals surface area contributed by atoms with Crippen LogP contribution in [-0.2, 0) is 0 Å². The highest BCUT2D eigenvalue weighted by Gasteiger charge is 2.00. The minimum Gasteiger partial charge on any atom is -0.207 e. The monoisotopic (exact) mass is 236 g/mol. The summed E-state index contributed by atoms with van der Waals surface area (Å²) in [5.74, 6) is -0.202. The summed E-state index contributed by atoms with van der Waals surface area (Å²) >= 11 is 0. The molecule has 2 aromatic rings. The molecule has 0 amide bonds. The SMILES string of the molecule is Fc1cccc(-c2cc(P)cc(P)c2)c1. The van der Waals surface area contributed by atoms with Crippen molar-refractivity contribution in [2.75, 3.05) is 0 Å². The van der Waals surface area contributed by atoms with Gasteiger partial charge in [-0.05, 0) is 52.1 Å². The van der Waals surface area contributed by atoms with E-state index in [1.807, 2.05) is 24.3 Å². The number of hydrogen-bond acceptors (Lipinski definition) is 0. The molecule has 0 bridgehead atoms. The van der Waals surface area contributed by atoms with Gasteiger partial charge in [-0.15, -0.1) is 18.5 Å². The molecule has 0 aromatic heterocycles. The Kier molecular flexibility index (Phi) is 3.14. The van der Waals surface area contributed by atoms with E-state index in [1.165, 1.54) is 6.07 Å². The molecule has 2 unspecified atom stereocenters. The Labute approximate surface area is 93.3 Å². The second-order valence-electron chi connectivity index (χ2n) is 3.40. The molecular weight excluding hydrogens is 225 g/mol. The van der Waals surface area contributed by atoms with Crippen molar-refractivity contribution in [1.82, 2.24) is 0 Å². The number of benzene rings is 2. The number of hydrogen-bond donors (Lipinski definition) is 0. The van der Waals surface area contributed by atoms with Crippen molar-refractivity contribution in [2.45, 2.75) is 0 Å². The Balaban J connectivity index is 2.54. The first-order chi connectivity index (χ1) is 7.15. The molecule has 0 heterocycles. The van der Waals surface area contributed by atoms with Gasteiger partial charge in [-0.25, -0.2) is 4.39 Å². The van der Waals surface area contributed by atoms with Crippen LogP contribution in [-0.4, -0.2) is 0 Å². The van der Waals surface area contributed by atoms with E-state index in [4.69, 9.17) is 0 Å². The first kappa shape index (κ1) is 10.7. The molecular formula is C12H11FP2. The fourth-order valence-electron chi connectivity index (χ4n) is 1.51. The lowest BCUT2D eigenvalue weighted by atomic mass is 10.1. The van der Waals surface area contributed by atoms with Gasteiger partial charge in [0, 0.05) is 0 Å². The third kappa shape index (κ3) is 2.62. The molecule has 0 spiro atoms. The fourth-order valence-corrected chi connectivity index (χ4v) is 2.45. The second kappa shape index (κ2) is 4.39. The summed E-state index contributed by atoms with van der Waals surface area (Å²) in [4.78, 5) is 0. The average Bonchev–Trinajstić information content (AvgIpc) is 2.16. The molecule has 0 saturated carbocycles. The molecule has 0 radical (unpaired) electrons. The third-order valence-corrected chi connectivity index (χ3v) is 2.80. The van der Waals surface area contributed by atoms with Crippen LogP contribution in [0.1, 0.15) is 0 Å². The molecule has 76 valence electrons. The highest BCUT2D eigenvalue weighted by atomic mass is 31.0. The van der Waals surface area contributed by atoms with Gasteiger partial charge in [-0.2, -0.15) is 0 Å². The minimum atomic E-state index is -0.202. The van der Waals surface area contributed by atoms with E-state index in [0.717, 1.165) is 21.7 Å². The van der Waals surface area contributed by atoms with Crippen LogP contribution < -0.4 is 10.6 Å². The van der Waals surface area contributed by atoms with Crippen LogP contribution in [0.3, 0.4) is 0 Å². The van der Waals surface area contributed by atoms with Crippen molar-refractivity contribution in [3.8, 4) is 11.1 Å². The summed E-state index contributed by atoms with van der Waals surface area (Å²) in [6.07, 6.45) is 0. The van der Waals surface area contributed by atoms with E-state index < -0.39 is 0 Å². The lowest BCUT2D eigenvalue weighted by molar-refractivity contribution is 0.628. The van der Waals surface area contributed by atoms with Crippen LogP contribution in [0.2, 0.25) is 0 Å². The highest BCUT2D eigenvalue weighted by molar-refractivity contribution is 7.29. The molecule has 0 saturated heterocycles. The molecule has 2 aromatic carbocycles. The van der Waals surface area contributed by atoms with Crippen LogP contribution in [0.25, 0.3) is 11.1 Å². The summed E-state index contributed by atoms with van der Waals surface area (Å²) in [5.41, 5.74) is 1.94. The van der Waals surface area contributed by atoms with Crippen molar-refractivity contribution in [3.05, 3.63) is 48.3 Å². The second-order valence-corrected chi connectivity index (χ2v) is 4.73. The normalized spacial score (nSPS) is 10.3. The maximum absolute atomic E-state index is 13.0. The van der Waals surface area contributed by atoms with Gasteiger partial charge in [0.2, 0.25) is 0 Å². The zero-order valence-corrected chi connectivity index (χ0v) is 10.4. The zero-order valence-electron chi connectivity index (χ0n) is 8.07. The molecule has 0 N–H and O–H groups in total. The standard InChI is InChI=1S/C12H11FP2/c13-10-3-1-2-8(4-10)9-5-11(14)7-12(15)6-9/h1-7H,14-15H2. The lowest BCUT2D eigenvalue weighted by Crippen LogP contribution is -2.01. The van der Waals surface area contributed by atoms with Crippen molar-refractivity contribution >= 4 is 29.1 Å². The molecule has 0 nitrogen and oxygen atoms in total. The molecule has 0 fully saturated rings. The topological polar surface area (TPSA) is 0 Å². The van der Waals surface area contributed by atoms with Gasteiger partial charge in [0.05, 0.1) is 0 Å². The van der Waals surface area contributed by atoms with E-state index in [1.54, 1.807) is 12.1 Å². The van der Waals surface area contributed by atoms with Crippen LogP contribution in [0.5, 0.6) is 0 Å². The fraction of sp³-hybridized carbons (Fsp3) is 0. The van der Waals surface area contributed by atoms with Crippen LogP contribution in [0, 0.1) is 5.82 Å². The third-order valence-electron chi connectivity index (χ3n) is 2.14. The molecule has 0 aliphatic rings. The maximum atomic E-state index is 13.0. The van der Waals surface area contributed by atoms with Crippen molar-refractivity contribution in [2.24, 2.45) is 0 Å². The molecule has 3 heteroatoms. The van der Waals surface area contributed by atoms with Crippen LogP contribution in [0.4, 0.5) is 4.39 Å². The largest absolute Gasteiger partial charge is 0.207 e. The van der Waals surface area contributed by atoms with E-state index in [-0.39, 0.29) is 5.82 Å². The smallest absolute Gasteiger partial charge is 0.123 e. The van der Waals surface area contributed by atoms with E-state index in [9.17, 15) is 4.39 Å². The summed E-state index contributed by atoms with van der Waals surface area (Å²) in [6.45, 7) is 0. The Hall–Kier alpha value is -0.770. The van der Waals surface area contributed by atoms with E-state index >= 15 is 0 Å². The quantitative estimate of drug-likeness (QED) is 0.667. The molecule has 2 atom stereocenters. The minimum absolute atomic E-state index is 0.202. The molecule has 15 heavy (non-hydrogen) atoms. The van der Waals surface area contributed by atoms with Gasteiger partial charge in [0.25, 0.3) is 0 Å². The maximum Gasteiger partial charge on any atom is 0.123 e. The van der Waals surface area contributed by atoms with Crippen molar-refractivity contribution in [3.63, 3.8) is 0 Å². The summed E-state index contributed by atoms with van der Waals surface area (Å²) in [6, 6.07) is 12.7. The Morgan fingerprint density at radius 2 is 1.47 bits per heavy atom. The number of halogens is 1. The first-order valence-corrected chi connectivity index (χ1v) is 5.72. The zero-order chi connectivity index (χ0) is 10.8. The Morgan fingerprint density at radius 3 is 2.07 bits per heavy atom. The van der Waals surface area contributed by atoms with Gasteiger partial charge >= 0.3 is 0 Å². The van der Waals surface area contributed by atoms with E-state index in [2.05, 4.69) is 18.5 Å². The predicted molar refractivity (Wildman–Crippen MR) is 70.5 cm³/mol. The average molecular weight is 236 g/mol. The lowest BCUT2D eigenvalue weighted by Gasteiger charge is -2.04. The van der Waals surface area contributed by atoms with E-state index in [0.29, 0.717) is 0 Å². The van der Waals surface area contributed by atoms with Gasteiger partial charge in [0.15, 0.2) is 0 Å². The van der Waals surface area contributed by atoms with Gasteiger partial charge in [0.1, 0.15) is 5.82 Å². The molecule has 0 aliphatic carbocycles. The summed E-state index contributed by atoms with van der Waals surface area (Å²) < 4.78 is 13.0. The van der Waals surface area contributed by atoms with Gasteiger partial charge in [-0.1, -0.05) is 12.1 Å². The summed E-state index contributed by atoms with van der Waals surface area (Å²) in [7, 11) is 5.31. The Morgan fingerprint density at radius 1 is 0.800 bits per heavy atom. The van der Waals surface area contributed by atoms with Crippen LogP contribution in [0.15, 0.2) is 42.5 Å². The van der Waals surface area contributed by atoms with Crippen molar-refractivity contribution in [1.29, 1.82) is 0 Å². The first-order valence-electron chi connectivity index (χ1n) is 4.57. The predicted octanol–water partition coefficient (Wildman–Crippen LogP) is 2.49.